The van der Waals surface area contributed by atoms with Gasteiger partial charge in [0.05, 0.1) is 5.69 Å². The average molecular weight is 232 g/mol. The lowest BCUT2D eigenvalue weighted by molar-refractivity contribution is 0.0694. The number of hydrogen-bond acceptors (Lipinski definition) is 4. The number of aromatic hydroxyl groups is 1. The third-order valence-electron chi connectivity index (χ3n) is 2.18. The number of aromatic carboxylic acids is 1. The van der Waals surface area contributed by atoms with Gasteiger partial charge >= 0.3 is 5.97 Å². The molecule has 6 heteroatoms. The number of hydrogen-bond donors (Lipinski definition) is 3. The van der Waals surface area contributed by atoms with E-state index in [1.54, 1.807) is 12.1 Å². The molecule has 6 nitrogen and oxygen atoms in total. The van der Waals surface area contributed by atoms with Crippen molar-refractivity contribution in [3.05, 3.63) is 46.2 Å². The molecule has 1 heterocycles. The lowest BCUT2D eigenvalue weighted by Gasteiger charge is -2.01. The van der Waals surface area contributed by atoms with Gasteiger partial charge in [-0.15, -0.1) is 0 Å². The molecule has 0 atom stereocenters. The number of nitrogens with zero attached hydrogens (tertiary/aromatic N) is 1. The maximum atomic E-state index is 11.2. The second-order valence-corrected chi connectivity index (χ2v) is 3.35. The Balaban J connectivity index is 2.58. The molecule has 3 N–H and O–H groups in total. The predicted octanol–water partition coefficient (Wildman–Crippen LogP) is 0.841. The predicted molar refractivity (Wildman–Crippen MR) is 58.9 cm³/mol. The monoisotopic (exact) mass is 232 g/mol. The average Bonchev–Trinajstić information content (AvgIpc) is 2.29. The molecule has 86 valence electrons. The van der Waals surface area contributed by atoms with Gasteiger partial charge in [-0.1, -0.05) is 12.1 Å². The SMILES string of the molecule is O=C(O)c1cc(-c2cccc(O)c2)n[nH]c1=O. The summed E-state index contributed by atoms with van der Waals surface area (Å²) in [7, 11) is 0. The van der Waals surface area contributed by atoms with Crippen molar-refractivity contribution in [2.45, 2.75) is 0 Å². The van der Waals surface area contributed by atoms with Crippen molar-refractivity contribution in [1.29, 1.82) is 0 Å². The van der Waals surface area contributed by atoms with E-state index < -0.39 is 17.1 Å². The summed E-state index contributed by atoms with van der Waals surface area (Å²) in [6.45, 7) is 0. The summed E-state index contributed by atoms with van der Waals surface area (Å²) in [6, 6.07) is 7.30. The maximum Gasteiger partial charge on any atom is 0.341 e. The molecule has 0 radical (unpaired) electrons. The van der Waals surface area contributed by atoms with Crippen LogP contribution in [0.2, 0.25) is 0 Å². The Morgan fingerprint density at radius 1 is 1.29 bits per heavy atom. The van der Waals surface area contributed by atoms with Crippen LogP contribution < -0.4 is 5.56 Å². The van der Waals surface area contributed by atoms with Crippen LogP contribution >= 0.6 is 0 Å². The van der Waals surface area contributed by atoms with Gasteiger partial charge in [-0.3, -0.25) is 4.79 Å². The fraction of sp³-hybridized carbons (Fsp3) is 0. The van der Waals surface area contributed by atoms with E-state index >= 15 is 0 Å². The van der Waals surface area contributed by atoms with E-state index in [4.69, 9.17) is 5.11 Å². The number of rotatable bonds is 2. The van der Waals surface area contributed by atoms with Crippen LogP contribution in [0.5, 0.6) is 5.75 Å². The molecule has 0 saturated carbocycles. The smallest absolute Gasteiger partial charge is 0.341 e. The number of phenols is 1. The Labute approximate surface area is 95.2 Å². The Kier molecular flexibility index (Phi) is 2.61. The van der Waals surface area contributed by atoms with Gasteiger partial charge in [0.1, 0.15) is 11.3 Å². The molecule has 0 aliphatic rings. The minimum Gasteiger partial charge on any atom is -0.508 e. The number of H-pyrrole nitrogens is 1. The number of carboxylic acid groups (broad SMARTS) is 1. The lowest BCUT2D eigenvalue weighted by Crippen LogP contribution is -2.18. The number of carbonyl (C=O) groups is 1. The van der Waals surface area contributed by atoms with Crippen molar-refractivity contribution in [2.24, 2.45) is 0 Å². The molecule has 17 heavy (non-hydrogen) atoms. The first-order valence-corrected chi connectivity index (χ1v) is 4.70. The van der Waals surface area contributed by atoms with Crippen LogP contribution in [0.3, 0.4) is 0 Å². The van der Waals surface area contributed by atoms with E-state index in [-0.39, 0.29) is 11.4 Å². The lowest BCUT2D eigenvalue weighted by atomic mass is 10.1. The van der Waals surface area contributed by atoms with Crippen molar-refractivity contribution in [3.8, 4) is 17.0 Å². The van der Waals surface area contributed by atoms with Crippen LogP contribution in [0, 0.1) is 0 Å². The van der Waals surface area contributed by atoms with Crippen LogP contribution in [0.25, 0.3) is 11.3 Å². The number of aromatic amines is 1. The number of benzene rings is 1. The summed E-state index contributed by atoms with van der Waals surface area (Å²) >= 11 is 0. The third kappa shape index (κ3) is 2.15. The van der Waals surface area contributed by atoms with Gasteiger partial charge in [0.15, 0.2) is 0 Å². The Bertz CT molecular complexity index is 633. The number of phenolic OH excluding ortho intramolecular Hbond substituents is 1. The standard InChI is InChI=1S/C11H8N2O4/c14-7-3-1-2-6(4-7)9-5-8(11(16)17)10(15)13-12-9/h1-5,14H,(H,13,15)(H,16,17). The molecule has 2 rings (SSSR count). The highest BCUT2D eigenvalue weighted by molar-refractivity contribution is 5.88. The summed E-state index contributed by atoms with van der Waals surface area (Å²) in [4.78, 5) is 21.9. The number of carboxylic acids is 1. The Morgan fingerprint density at radius 3 is 2.71 bits per heavy atom. The van der Waals surface area contributed by atoms with Gasteiger partial charge in [-0.05, 0) is 18.2 Å². The molecule has 0 aliphatic carbocycles. The summed E-state index contributed by atoms with van der Waals surface area (Å²) in [5, 5.41) is 23.9. The van der Waals surface area contributed by atoms with Gasteiger partial charge in [0.25, 0.3) is 5.56 Å². The summed E-state index contributed by atoms with van der Waals surface area (Å²) < 4.78 is 0. The largest absolute Gasteiger partial charge is 0.508 e. The van der Waals surface area contributed by atoms with E-state index in [0.717, 1.165) is 6.07 Å². The first kappa shape index (κ1) is 10.9. The minimum atomic E-state index is -1.32. The Morgan fingerprint density at radius 2 is 2.06 bits per heavy atom. The summed E-state index contributed by atoms with van der Waals surface area (Å²) in [6.07, 6.45) is 0. The highest BCUT2D eigenvalue weighted by Gasteiger charge is 2.11. The van der Waals surface area contributed by atoms with Crippen LogP contribution in [0.15, 0.2) is 35.1 Å². The second-order valence-electron chi connectivity index (χ2n) is 3.35. The van der Waals surface area contributed by atoms with Gasteiger partial charge in [0.2, 0.25) is 0 Å². The van der Waals surface area contributed by atoms with Gasteiger partial charge in [0, 0.05) is 5.56 Å². The van der Waals surface area contributed by atoms with E-state index in [1.165, 1.54) is 12.1 Å². The quantitative estimate of drug-likeness (QED) is 0.711. The van der Waals surface area contributed by atoms with Crippen molar-refractivity contribution in [1.82, 2.24) is 10.2 Å². The normalized spacial score (nSPS) is 10.1. The highest BCUT2D eigenvalue weighted by atomic mass is 16.4. The molecule has 1 aromatic carbocycles. The van der Waals surface area contributed by atoms with Gasteiger partial charge in [-0.2, -0.15) is 5.10 Å². The molecule has 0 aliphatic heterocycles. The number of aromatic nitrogens is 2. The first-order chi connectivity index (χ1) is 8.08. The maximum absolute atomic E-state index is 11.2. The molecule has 0 saturated heterocycles. The highest BCUT2D eigenvalue weighted by Crippen LogP contribution is 2.20. The zero-order valence-electron chi connectivity index (χ0n) is 8.54. The molecule has 0 fully saturated rings. The summed E-state index contributed by atoms with van der Waals surface area (Å²) in [5.41, 5.74) is -0.360. The van der Waals surface area contributed by atoms with Crippen molar-refractivity contribution in [2.75, 3.05) is 0 Å². The molecule has 0 amide bonds. The molecule has 0 bridgehead atoms. The molecular weight excluding hydrogens is 224 g/mol. The zero-order valence-corrected chi connectivity index (χ0v) is 8.54. The number of nitrogens with one attached hydrogen (secondary N) is 1. The van der Waals surface area contributed by atoms with Gasteiger partial charge in [-0.25, -0.2) is 9.89 Å². The van der Waals surface area contributed by atoms with Crippen molar-refractivity contribution >= 4 is 5.97 Å². The van der Waals surface area contributed by atoms with E-state index in [9.17, 15) is 14.7 Å². The van der Waals surface area contributed by atoms with Gasteiger partial charge < -0.3 is 10.2 Å². The molecule has 0 unspecified atom stereocenters. The van der Waals surface area contributed by atoms with Crippen LogP contribution in [-0.4, -0.2) is 26.4 Å². The van der Waals surface area contributed by atoms with Crippen LogP contribution in [0.1, 0.15) is 10.4 Å². The zero-order chi connectivity index (χ0) is 12.4. The van der Waals surface area contributed by atoms with E-state index in [2.05, 4.69) is 10.2 Å². The molecule has 1 aromatic heterocycles. The van der Waals surface area contributed by atoms with E-state index in [1.807, 2.05) is 0 Å². The fourth-order valence-electron chi connectivity index (χ4n) is 1.38. The van der Waals surface area contributed by atoms with Crippen LogP contribution in [0.4, 0.5) is 0 Å². The minimum absolute atomic E-state index is 0.0346. The molecular formula is C11H8N2O4. The third-order valence-corrected chi connectivity index (χ3v) is 2.18. The summed E-state index contributed by atoms with van der Waals surface area (Å²) in [5.74, 6) is -1.29. The molecule has 2 aromatic rings. The van der Waals surface area contributed by atoms with Crippen molar-refractivity contribution < 1.29 is 15.0 Å². The topological polar surface area (TPSA) is 103 Å². The van der Waals surface area contributed by atoms with E-state index in [0.29, 0.717) is 5.56 Å². The van der Waals surface area contributed by atoms with Crippen molar-refractivity contribution in [3.63, 3.8) is 0 Å². The van der Waals surface area contributed by atoms with Crippen LogP contribution in [-0.2, 0) is 0 Å². The fourth-order valence-corrected chi connectivity index (χ4v) is 1.38. The Hall–Kier alpha value is -2.63. The first-order valence-electron chi connectivity index (χ1n) is 4.70. The second kappa shape index (κ2) is 4.09. The molecule has 0 spiro atoms.